The normalized spacial score (nSPS) is 10.8. The molecule has 0 radical (unpaired) electrons. The lowest BCUT2D eigenvalue weighted by atomic mass is 10.2. The van der Waals surface area contributed by atoms with Crippen molar-refractivity contribution in [1.29, 1.82) is 0 Å². The number of amides is 1. The minimum absolute atomic E-state index is 0.00571. The van der Waals surface area contributed by atoms with Crippen LogP contribution in [0.5, 0.6) is 0 Å². The molecule has 0 saturated heterocycles. The Morgan fingerprint density at radius 3 is 2.85 bits per heavy atom. The molecule has 1 N–H and O–H groups in total. The van der Waals surface area contributed by atoms with Crippen molar-refractivity contribution >= 4 is 40.6 Å². The Bertz CT molecular complexity index is 629. The van der Waals surface area contributed by atoms with E-state index in [2.05, 4.69) is 0 Å². The van der Waals surface area contributed by atoms with Gasteiger partial charge in [-0.05, 0) is 34.5 Å². The third kappa shape index (κ3) is 3.79. The largest absolute Gasteiger partial charge is 0.478 e. The van der Waals surface area contributed by atoms with Crippen LogP contribution in [0.15, 0.2) is 35.0 Å². The number of carbonyl (C=O) groups excluding carboxylic acids is 1. The van der Waals surface area contributed by atoms with Crippen molar-refractivity contribution in [2.75, 3.05) is 7.05 Å². The van der Waals surface area contributed by atoms with Gasteiger partial charge in [0.15, 0.2) is 0 Å². The van der Waals surface area contributed by atoms with Gasteiger partial charge < -0.3 is 10.0 Å². The number of hydrogen-bond acceptors (Lipinski definition) is 4. The molecule has 0 aliphatic heterocycles. The van der Waals surface area contributed by atoms with E-state index in [-0.39, 0.29) is 5.91 Å². The Kier molecular flexibility index (Phi) is 4.70. The van der Waals surface area contributed by atoms with Gasteiger partial charge in [0.05, 0.1) is 4.88 Å². The van der Waals surface area contributed by atoms with E-state index in [0.29, 0.717) is 11.4 Å². The fraction of sp³-hybridized carbons (Fsp3) is 0.143. The van der Waals surface area contributed by atoms with Crippen LogP contribution in [0.3, 0.4) is 0 Å². The van der Waals surface area contributed by atoms with Gasteiger partial charge in [-0.3, -0.25) is 4.79 Å². The second-order valence-corrected chi connectivity index (χ2v) is 6.06. The lowest BCUT2D eigenvalue weighted by Gasteiger charge is -2.15. The van der Waals surface area contributed by atoms with Crippen LogP contribution in [-0.4, -0.2) is 28.9 Å². The Morgan fingerprint density at radius 2 is 2.20 bits per heavy atom. The van der Waals surface area contributed by atoms with Crippen LogP contribution in [-0.2, 0) is 11.3 Å². The molecular weight excluding hydrogens is 294 g/mol. The molecule has 0 aliphatic rings. The molecule has 0 saturated carbocycles. The molecule has 2 aromatic heterocycles. The number of hydrogen-bond donors (Lipinski definition) is 1. The van der Waals surface area contributed by atoms with Gasteiger partial charge in [0.2, 0.25) is 0 Å². The van der Waals surface area contributed by atoms with Crippen molar-refractivity contribution in [2.45, 2.75) is 6.54 Å². The van der Waals surface area contributed by atoms with Crippen molar-refractivity contribution < 1.29 is 14.7 Å². The molecule has 2 rings (SSSR count). The second kappa shape index (κ2) is 6.49. The van der Waals surface area contributed by atoms with Gasteiger partial charge in [-0.2, -0.15) is 0 Å². The van der Waals surface area contributed by atoms with Gasteiger partial charge in [-0.1, -0.05) is 6.07 Å². The number of carboxylic acids is 1. The van der Waals surface area contributed by atoms with Gasteiger partial charge in [0.25, 0.3) is 5.91 Å². The van der Waals surface area contributed by atoms with Gasteiger partial charge in [0, 0.05) is 24.5 Å². The van der Waals surface area contributed by atoms with Crippen molar-refractivity contribution in [3.8, 4) is 0 Å². The van der Waals surface area contributed by atoms with E-state index in [0.717, 1.165) is 16.5 Å². The molecule has 20 heavy (non-hydrogen) atoms. The molecule has 1 amide bonds. The number of rotatable bonds is 5. The van der Waals surface area contributed by atoms with Crippen molar-refractivity contribution in [3.05, 3.63) is 50.4 Å². The van der Waals surface area contributed by atoms with Crippen LogP contribution < -0.4 is 0 Å². The molecule has 6 heteroatoms. The summed E-state index contributed by atoms with van der Waals surface area (Å²) in [4.78, 5) is 25.8. The van der Waals surface area contributed by atoms with Crippen LogP contribution in [0, 0.1) is 0 Å². The first-order chi connectivity index (χ1) is 9.56. The van der Waals surface area contributed by atoms with E-state index in [4.69, 9.17) is 5.11 Å². The van der Waals surface area contributed by atoms with Crippen molar-refractivity contribution in [2.24, 2.45) is 0 Å². The first-order valence-electron chi connectivity index (χ1n) is 5.83. The SMILES string of the molecule is CN(Cc1csc(C=CC(=O)O)c1)C(=O)c1cccs1. The number of aliphatic carboxylic acids is 1. The Balaban J connectivity index is 2.00. The summed E-state index contributed by atoms with van der Waals surface area (Å²) in [5, 5.41) is 12.4. The molecular formula is C14H13NO3S2. The molecule has 0 unspecified atom stereocenters. The first kappa shape index (κ1) is 14.5. The predicted octanol–water partition coefficient (Wildman–Crippen LogP) is 3.18. The van der Waals surface area contributed by atoms with Gasteiger partial charge in [-0.25, -0.2) is 4.79 Å². The Morgan fingerprint density at radius 1 is 1.40 bits per heavy atom. The average Bonchev–Trinajstić information content (AvgIpc) is 3.06. The van der Waals surface area contributed by atoms with E-state index in [1.165, 1.54) is 22.7 Å². The lowest BCUT2D eigenvalue weighted by molar-refractivity contribution is -0.131. The standard InChI is InChI=1S/C14H13NO3S2/c1-15(14(18)12-3-2-6-19-12)8-10-7-11(20-9-10)4-5-13(16)17/h2-7,9H,8H2,1H3,(H,16,17). The number of thiophene rings is 2. The van der Waals surface area contributed by atoms with Crippen LogP contribution in [0.2, 0.25) is 0 Å². The van der Waals surface area contributed by atoms with Crippen molar-refractivity contribution in [1.82, 2.24) is 4.90 Å². The quantitative estimate of drug-likeness (QED) is 0.863. The summed E-state index contributed by atoms with van der Waals surface area (Å²) >= 11 is 2.88. The molecule has 0 spiro atoms. The van der Waals surface area contributed by atoms with Crippen LogP contribution in [0.4, 0.5) is 0 Å². The summed E-state index contributed by atoms with van der Waals surface area (Å²) in [6.07, 6.45) is 2.66. The zero-order valence-electron chi connectivity index (χ0n) is 10.8. The average molecular weight is 307 g/mol. The highest BCUT2D eigenvalue weighted by atomic mass is 32.1. The van der Waals surface area contributed by atoms with E-state index in [9.17, 15) is 9.59 Å². The topological polar surface area (TPSA) is 57.6 Å². The molecule has 0 fully saturated rings. The minimum atomic E-state index is -0.968. The molecule has 0 aromatic carbocycles. The zero-order valence-corrected chi connectivity index (χ0v) is 12.4. The van der Waals surface area contributed by atoms with Crippen LogP contribution in [0.25, 0.3) is 6.08 Å². The summed E-state index contributed by atoms with van der Waals surface area (Å²) in [6.45, 7) is 0.508. The fourth-order valence-electron chi connectivity index (χ4n) is 1.65. The maximum atomic E-state index is 12.1. The molecule has 104 valence electrons. The zero-order chi connectivity index (χ0) is 14.5. The summed E-state index contributed by atoms with van der Waals surface area (Å²) in [5.74, 6) is -0.973. The van der Waals surface area contributed by atoms with Crippen molar-refractivity contribution in [3.63, 3.8) is 0 Å². The summed E-state index contributed by atoms with van der Waals surface area (Å²) < 4.78 is 0. The Hall–Kier alpha value is -1.92. The van der Waals surface area contributed by atoms with Gasteiger partial charge in [-0.15, -0.1) is 22.7 Å². The number of carbonyl (C=O) groups is 2. The van der Waals surface area contributed by atoms with Crippen LogP contribution >= 0.6 is 22.7 Å². The van der Waals surface area contributed by atoms with E-state index >= 15 is 0 Å². The highest BCUT2D eigenvalue weighted by Gasteiger charge is 2.13. The monoisotopic (exact) mass is 307 g/mol. The molecule has 0 aliphatic carbocycles. The minimum Gasteiger partial charge on any atom is -0.478 e. The Labute approximate surface area is 124 Å². The highest BCUT2D eigenvalue weighted by Crippen LogP contribution is 2.19. The van der Waals surface area contributed by atoms with E-state index in [1.54, 1.807) is 24.1 Å². The summed E-state index contributed by atoms with van der Waals surface area (Å²) in [5.41, 5.74) is 0.993. The molecule has 0 atom stereocenters. The van der Waals surface area contributed by atoms with E-state index < -0.39 is 5.97 Å². The first-order valence-corrected chi connectivity index (χ1v) is 7.59. The fourth-order valence-corrected chi connectivity index (χ4v) is 3.17. The van der Waals surface area contributed by atoms with Gasteiger partial charge >= 0.3 is 5.97 Å². The third-order valence-corrected chi connectivity index (χ3v) is 4.37. The lowest BCUT2D eigenvalue weighted by Crippen LogP contribution is -2.25. The highest BCUT2D eigenvalue weighted by molar-refractivity contribution is 7.12. The summed E-state index contributed by atoms with van der Waals surface area (Å²) in [6, 6.07) is 5.55. The van der Waals surface area contributed by atoms with Gasteiger partial charge in [0.1, 0.15) is 0 Å². The van der Waals surface area contributed by atoms with Crippen LogP contribution in [0.1, 0.15) is 20.1 Å². The third-order valence-electron chi connectivity index (χ3n) is 2.56. The smallest absolute Gasteiger partial charge is 0.328 e. The number of carboxylic acid groups (broad SMARTS) is 1. The molecule has 4 nitrogen and oxygen atoms in total. The number of nitrogens with zero attached hydrogens (tertiary/aromatic N) is 1. The molecule has 2 heterocycles. The summed E-state index contributed by atoms with van der Waals surface area (Å²) in [7, 11) is 1.76. The maximum absolute atomic E-state index is 12.1. The second-order valence-electron chi connectivity index (χ2n) is 4.17. The maximum Gasteiger partial charge on any atom is 0.328 e. The van der Waals surface area contributed by atoms with E-state index in [1.807, 2.05) is 22.9 Å². The molecule has 2 aromatic rings. The molecule has 0 bridgehead atoms. The predicted molar refractivity (Wildman–Crippen MR) is 81.1 cm³/mol.